The summed E-state index contributed by atoms with van der Waals surface area (Å²) in [6.45, 7) is 8.06. The van der Waals surface area contributed by atoms with Crippen molar-refractivity contribution in [3.8, 4) is 0 Å². The zero-order valence-electron chi connectivity index (χ0n) is 16.3. The molecule has 0 aliphatic carbocycles. The molecule has 3 aromatic rings. The first kappa shape index (κ1) is 18.7. The number of aromatic nitrogens is 2. The minimum absolute atomic E-state index is 0.197. The third-order valence-electron chi connectivity index (χ3n) is 5.08. The van der Waals surface area contributed by atoms with Crippen molar-refractivity contribution in [2.24, 2.45) is 0 Å². The molecule has 1 aromatic carbocycles. The third-order valence-corrected chi connectivity index (χ3v) is 6.04. The molecule has 146 valence electrons. The number of nitrogens with one attached hydrogen (secondary N) is 1. The van der Waals surface area contributed by atoms with Gasteiger partial charge in [0.05, 0.1) is 5.39 Å². The Kier molecular flexibility index (Phi) is 5.43. The van der Waals surface area contributed by atoms with Gasteiger partial charge in [-0.25, -0.2) is 9.97 Å². The molecule has 0 saturated carbocycles. The monoisotopic (exact) mass is 395 g/mol. The Balaban J connectivity index is 1.28. The number of hydrogen-bond donors (Lipinski definition) is 1. The molecule has 6 nitrogen and oxygen atoms in total. The van der Waals surface area contributed by atoms with Crippen LogP contribution in [0.1, 0.15) is 16.9 Å². The highest BCUT2D eigenvalue weighted by Crippen LogP contribution is 2.27. The first-order valence-corrected chi connectivity index (χ1v) is 10.5. The molecular weight excluding hydrogens is 370 g/mol. The lowest BCUT2D eigenvalue weighted by Gasteiger charge is -2.36. The van der Waals surface area contributed by atoms with Crippen LogP contribution in [0, 0.1) is 13.8 Å². The van der Waals surface area contributed by atoms with Gasteiger partial charge in [0, 0.05) is 49.7 Å². The molecule has 1 aliphatic heterocycles. The fraction of sp³-hybridized carbons (Fsp3) is 0.381. The summed E-state index contributed by atoms with van der Waals surface area (Å²) in [5, 5.41) is 4.34. The highest BCUT2D eigenvalue weighted by Gasteiger charge is 2.21. The summed E-state index contributed by atoms with van der Waals surface area (Å²) >= 11 is 1.66. The Labute approximate surface area is 169 Å². The summed E-state index contributed by atoms with van der Waals surface area (Å²) in [6.07, 6.45) is 2.05. The number of fused-ring (bicyclic) bond motifs is 1. The van der Waals surface area contributed by atoms with Gasteiger partial charge < -0.3 is 15.1 Å². The average molecular weight is 396 g/mol. The standard InChI is InChI=1S/C21H25N5OS/c1-15-4-3-5-17(12-15)25-8-10-26(11-9-25)19(27)6-7-22-20-18-13-16(2)28-21(18)24-14-23-20/h3-5,12-14H,6-11H2,1-2H3,(H,22,23,24). The predicted octanol–water partition coefficient (Wildman–Crippen LogP) is 3.46. The van der Waals surface area contributed by atoms with Crippen LogP contribution in [0.3, 0.4) is 0 Å². The van der Waals surface area contributed by atoms with Crippen molar-refractivity contribution in [3.63, 3.8) is 0 Å². The fourth-order valence-corrected chi connectivity index (χ4v) is 4.45. The highest BCUT2D eigenvalue weighted by molar-refractivity contribution is 7.18. The molecule has 1 saturated heterocycles. The lowest BCUT2D eigenvalue weighted by atomic mass is 10.2. The topological polar surface area (TPSA) is 61.4 Å². The van der Waals surface area contributed by atoms with Crippen LogP contribution >= 0.6 is 11.3 Å². The maximum atomic E-state index is 12.6. The molecule has 1 N–H and O–H groups in total. The van der Waals surface area contributed by atoms with Gasteiger partial charge >= 0.3 is 0 Å². The van der Waals surface area contributed by atoms with E-state index in [0.29, 0.717) is 13.0 Å². The summed E-state index contributed by atoms with van der Waals surface area (Å²) in [7, 11) is 0. The number of aryl methyl sites for hydroxylation is 2. The quantitative estimate of drug-likeness (QED) is 0.717. The number of nitrogens with zero attached hydrogens (tertiary/aromatic N) is 4. The SMILES string of the molecule is Cc1cccc(N2CCN(C(=O)CCNc3ncnc4sc(C)cc34)CC2)c1. The van der Waals surface area contributed by atoms with E-state index in [1.54, 1.807) is 17.7 Å². The second kappa shape index (κ2) is 8.14. The molecular formula is C21H25N5OS. The molecule has 4 rings (SSSR count). The van der Waals surface area contributed by atoms with E-state index in [4.69, 9.17) is 0 Å². The molecule has 0 atom stereocenters. The normalized spacial score (nSPS) is 14.5. The van der Waals surface area contributed by atoms with E-state index in [9.17, 15) is 4.79 Å². The van der Waals surface area contributed by atoms with Crippen molar-refractivity contribution in [3.05, 3.63) is 47.1 Å². The van der Waals surface area contributed by atoms with Crippen LogP contribution in [0.25, 0.3) is 10.2 Å². The van der Waals surface area contributed by atoms with Gasteiger partial charge in [0.25, 0.3) is 0 Å². The molecule has 1 aliphatic rings. The summed E-state index contributed by atoms with van der Waals surface area (Å²) in [6, 6.07) is 10.6. The van der Waals surface area contributed by atoms with Crippen LogP contribution in [0.5, 0.6) is 0 Å². The summed E-state index contributed by atoms with van der Waals surface area (Å²) in [5.41, 5.74) is 2.51. The largest absolute Gasteiger partial charge is 0.369 e. The zero-order chi connectivity index (χ0) is 19.5. The van der Waals surface area contributed by atoms with Crippen LogP contribution in [0.2, 0.25) is 0 Å². The van der Waals surface area contributed by atoms with Gasteiger partial charge in [-0.3, -0.25) is 4.79 Å². The minimum atomic E-state index is 0.197. The van der Waals surface area contributed by atoms with Gasteiger partial charge in [0.15, 0.2) is 0 Å². The smallest absolute Gasteiger partial charge is 0.224 e. The van der Waals surface area contributed by atoms with Crippen LogP contribution in [-0.2, 0) is 4.79 Å². The Bertz CT molecular complexity index is 978. The Morgan fingerprint density at radius 1 is 1.14 bits per heavy atom. The third kappa shape index (κ3) is 4.09. The van der Waals surface area contributed by atoms with Crippen molar-refractivity contribution in [2.45, 2.75) is 20.3 Å². The highest BCUT2D eigenvalue weighted by atomic mass is 32.1. The van der Waals surface area contributed by atoms with Crippen molar-refractivity contribution >= 4 is 39.0 Å². The van der Waals surface area contributed by atoms with E-state index in [1.807, 2.05) is 4.90 Å². The number of anilines is 2. The van der Waals surface area contributed by atoms with Gasteiger partial charge in [0.1, 0.15) is 17.0 Å². The van der Waals surface area contributed by atoms with Crippen molar-refractivity contribution in [1.82, 2.24) is 14.9 Å². The maximum Gasteiger partial charge on any atom is 0.224 e. The number of hydrogen-bond acceptors (Lipinski definition) is 6. The van der Waals surface area contributed by atoms with Crippen LogP contribution in [-0.4, -0.2) is 53.5 Å². The van der Waals surface area contributed by atoms with E-state index in [2.05, 4.69) is 64.4 Å². The molecule has 1 amide bonds. The first-order valence-electron chi connectivity index (χ1n) is 9.64. The van der Waals surface area contributed by atoms with Crippen LogP contribution < -0.4 is 10.2 Å². The predicted molar refractivity (Wildman–Crippen MR) is 115 cm³/mol. The van der Waals surface area contributed by atoms with E-state index in [0.717, 1.165) is 42.2 Å². The number of piperazine rings is 1. The average Bonchev–Trinajstić information content (AvgIpc) is 3.09. The van der Waals surface area contributed by atoms with Crippen LogP contribution in [0.15, 0.2) is 36.7 Å². The zero-order valence-corrected chi connectivity index (χ0v) is 17.1. The molecule has 0 unspecified atom stereocenters. The molecule has 3 heterocycles. The van der Waals surface area contributed by atoms with Gasteiger partial charge in [-0.05, 0) is 37.6 Å². The van der Waals surface area contributed by atoms with E-state index in [-0.39, 0.29) is 5.91 Å². The molecule has 0 bridgehead atoms. The van der Waals surface area contributed by atoms with E-state index < -0.39 is 0 Å². The number of thiophene rings is 1. The van der Waals surface area contributed by atoms with E-state index in [1.165, 1.54) is 16.1 Å². The molecule has 1 fully saturated rings. The number of carbonyl (C=O) groups is 1. The van der Waals surface area contributed by atoms with Crippen molar-refractivity contribution in [2.75, 3.05) is 42.9 Å². The Morgan fingerprint density at radius 2 is 1.96 bits per heavy atom. The van der Waals surface area contributed by atoms with E-state index >= 15 is 0 Å². The molecule has 0 spiro atoms. The maximum absolute atomic E-state index is 12.6. The van der Waals surface area contributed by atoms with Gasteiger partial charge in [-0.2, -0.15) is 0 Å². The summed E-state index contributed by atoms with van der Waals surface area (Å²) < 4.78 is 0. The molecule has 7 heteroatoms. The van der Waals surface area contributed by atoms with Crippen molar-refractivity contribution in [1.29, 1.82) is 0 Å². The number of amides is 1. The molecule has 0 radical (unpaired) electrons. The second-order valence-corrected chi connectivity index (χ2v) is 8.42. The number of rotatable bonds is 5. The minimum Gasteiger partial charge on any atom is -0.369 e. The van der Waals surface area contributed by atoms with Gasteiger partial charge in [-0.1, -0.05) is 12.1 Å². The lowest BCUT2D eigenvalue weighted by Crippen LogP contribution is -2.49. The first-order chi connectivity index (χ1) is 13.6. The fourth-order valence-electron chi connectivity index (χ4n) is 3.60. The number of carbonyl (C=O) groups excluding carboxylic acids is 1. The number of benzene rings is 1. The summed E-state index contributed by atoms with van der Waals surface area (Å²) in [4.78, 5) is 27.7. The Hall–Kier alpha value is -2.67. The van der Waals surface area contributed by atoms with Crippen molar-refractivity contribution < 1.29 is 4.79 Å². The lowest BCUT2D eigenvalue weighted by molar-refractivity contribution is -0.131. The Morgan fingerprint density at radius 3 is 2.75 bits per heavy atom. The second-order valence-electron chi connectivity index (χ2n) is 7.18. The van der Waals surface area contributed by atoms with Gasteiger partial charge in [0.2, 0.25) is 5.91 Å². The molecule has 28 heavy (non-hydrogen) atoms. The molecule has 2 aromatic heterocycles. The summed E-state index contributed by atoms with van der Waals surface area (Å²) in [5.74, 6) is 1.01. The van der Waals surface area contributed by atoms with Gasteiger partial charge in [-0.15, -0.1) is 11.3 Å². The van der Waals surface area contributed by atoms with Crippen LogP contribution in [0.4, 0.5) is 11.5 Å².